The first-order valence-electron chi connectivity index (χ1n) is 8.41. The number of nitrogens with one attached hydrogen (secondary N) is 2. The molecule has 0 radical (unpaired) electrons. The van der Waals surface area contributed by atoms with E-state index in [0.29, 0.717) is 16.6 Å². The van der Waals surface area contributed by atoms with Gasteiger partial charge in [-0.15, -0.1) is 0 Å². The van der Waals surface area contributed by atoms with Gasteiger partial charge in [0.2, 0.25) is 5.91 Å². The van der Waals surface area contributed by atoms with Crippen LogP contribution in [-0.2, 0) is 4.79 Å². The summed E-state index contributed by atoms with van der Waals surface area (Å²) >= 11 is 11.7. The van der Waals surface area contributed by atoms with Crippen molar-refractivity contribution in [1.82, 2.24) is 10.2 Å². The summed E-state index contributed by atoms with van der Waals surface area (Å²) < 4.78 is 0. The summed E-state index contributed by atoms with van der Waals surface area (Å²) in [5.74, 6) is -0.0739. The molecule has 7 heteroatoms. The Morgan fingerprint density at radius 3 is 2.58 bits per heavy atom. The number of likely N-dealkylation sites (N-methyl/N-ethyl adjacent to an activating group) is 1. The van der Waals surface area contributed by atoms with E-state index in [2.05, 4.69) is 27.4 Å². The lowest BCUT2D eigenvalue weighted by atomic mass is 10.2. The van der Waals surface area contributed by atoms with E-state index in [9.17, 15) is 4.79 Å². The molecule has 1 saturated heterocycles. The minimum atomic E-state index is -0.0739. The molecule has 1 heterocycles. The minimum Gasteiger partial charge on any atom is -0.366 e. The molecule has 5 nitrogen and oxygen atoms in total. The maximum absolute atomic E-state index is 11.7. The van der Waals surface area contributed by atoms with Crippen molar-refractivity contribution >= 4 is 46.2 Å². The lowest BCUT2D eigenvalue weighted by Gasteiger charge is -2.37. The fourth-order valence-electron chi connectivity index (χ4n) is 2.80. The second kappa shape index (κ2) is 9.20. The number of amides is 1. The quantitative estimate of drug-likeness (QED) is 0.782. The van der Waals surface area contributed by atoms with Crippen LogP contribution in [0.15, 0.2) is 18.2 Å². The van der Waals surface area contributed by atoms with Gasteiger partial charge in [0.25, 0.3) is 0 Å². The monoisotopic (exact) mass is 368 g/mol. The van der Waals surface area contributed by atoms with E-state index in [-0.39, 0.29) is 5.91 Å². The van der Waals surface area contributed by atoms with Crippen molar-refractivity contribution in [1.29, 1.82) is 0 Å². The maximum atomic E-state index is 11.7. The highest BCUT2D eigenvalue weighted by Gasteiger charge is 2.21. The molecular weight excluding hydrogens is 344 g/mol. The summed E-state index contributed by atoms with van der Waals surface area (Å²) in [6.07, 6.45) is 1.25. The fraction of sp³-hybridized carbons (Fsp3) is 0.529. The van der Waals surface area contributed by atoms with Gasteiger partial charge in [-0.05, 0) is 37.3 Å². The molecule has 0 aromatic heterocycles. The second-order valence-electron chi connectivity index (χ2n) is 5.81. The average Bonchev–Trinajstić information content (AvgIpc) is 2.55. The Bertz CT molecular complexity index is 588. The van der Waals surface area contributed by atoms with Crippen LogP contribution in [0.3, 0.4) is 0 Å². The van der Waals surface area contributed by atoms with Crippen LogP contribution in [0.25, 0.3) is 0 Å². The molecule has 1 aromatic rings. The normalized spacial score (nSPS) is 15.2. The van der Waals surface area contributed by atoms with Gasteiger partial charge in [0.05, 0.1) is 16.4 Å². The molecule has 1 aliphatic heterocycles. The number of anilines is 2. The Hall–Kier alpha value is -1.37. The number of piperazine rings is 1. The number of thiocarbonyl (C=S) groups is 1. The predicted molar refractivity (Wildman–Crippen MR) is 105 cm³/mol. The molecule has 2 N–H and O–H groups in total. The van der Waals surface area contributed by atoms with Gasteiger partial charge >= 0.3 is 0 Å². The number of hydrogen-bond donors (Lipinski definition) is 2. The molecule has 1 aromatic carbocycles. The van der Waals surface area contributed by atoms with E-state index < -0.39 is 0 Å². The molecule has 0 saturated carbocycles. The summed E-state index contributed by atoms with van der Waals surface area (Å²) in [6, 6.07) is 5.70. The highest BCUT2D eigenvalue weighted by Crippen LogP contribution is 2.34. The Kier molecular flexibility index (Phi) is 7.27. The molecule has 0 spiro atoms. The van der Waals surface area contributed by atoms with Crippen LogP contribution in [-0.4, -0.2) is 48.6 Å². The first kappa shape index (κ1) is 19.0. The van der Waals surface area contributed by atoms with Crippen molar-refractivity contribution in [2.75, 3.05) is 42.9 Å². The summed E-state index contributed by atoms with van der Waals surface area (Å²) in [6.45, 7) is 9.06. The zero-order valence-electron chi connectivity index (χ0n) is 14.3. The van der Waals surface area contributed by atoms with Crippen molar-refractivity contribution < 1.29 is 4.79 Å². The van der Waals surface area contributed by atoms with E-state index in [1.165, 1.54) is 0 Å². The van der Waals surface area contributed by atoms with Crippen molar-refractivity contribution in [3.05, 3.63) is 23.2 Å². The number of carbonyl (C=O) groups excluding carboxylic acids is 1. The number of carbonyl (C=O) groups is 1. The standard InChI is InChI=1S/C17H25ClN4OS/c1-3-6-15(23)20-17(24)19-14-8-5-7-13(18)16(14)22-11-9-21(4-2)10-12-22/h5,7-8H,3-4,6,9-12H2,1-2H3,(H2,19,20,23,24). The van der Waals surface area contributed by atoms with Crippen molar-refractivity contribution in [3.63, 3.8) is 0 Å². The highest BCUT2D eigenvalue weighted by atomic mass is 35.5. The molecule has 2 rings (SSSR count). The van der Waals surface area contributed by atoms with E-state index >= 15 is 0 Å². The summed E-state index contributed by atoms with van der Waals surface area (Å²) in [5.41, 5.74) is 1.77. The smallest absolute Gasteiger partial charge is 0.226 e. The molecule has 0 aliphatic carbocycles. The van der Waals surface area contributed by atoms with Crippen molar-refractivity contribution in [3.8, 4) is 0 Å². The van der Waals surface area contributed by atoms with E-state index in [1.54, 1.807) is 0 Å². The van der Waals surface area contributed by atoms with Crippen LogP contribution < -0.4 is 15.5 Å². The molecule has 0 atom stereocenters. The molecule has 1 amide bonds. The van der Waals surface area contributed by atoms with Crippen LogP contribution in [0.4, 0.5) is 11.4 Å². The third kappa shape index (κ3) is 5.06. The Morgan fingerprint density at radius 2 is 1.96 bits per heavy atom. The first-order valence-corrected chi connectivity index (χ1v) is 9.20. The van der Waals surface area contributed by atoms with Crippen LogP contribution >= 0.6 is 23.8 Å². The summed E-state index contributed by atoms with van der Waals surface area (Å²) in [5, 5.41) is 6.83. The van der Waals surface area contributed by atoms with Crippen LogP contribution in [0.5, 0.6) is 0 Å². The second-order valence-corrected chi connectivity index (χ2v) is 6.63. The molecule has 0 bridgehead atoms. The number of hydrogen-bond acceptors (Lipinski definition) is 4. The van der Waals surface area contributed by atoms with E-state index in [1.807, 2.05) is 25.1 Å². The van der Waals surface area contributed by atoms with Gasteiger partial charge in [-0.25, -0.2) is 0 Å². The number of rotatable bonds is 5. The molecular formula is C17H25ClN4OS. The molecule has 1 aliphatic rings. The van der Waals surface area contributed by atoms with Crippen LogP contribution in [0.2, 0.25) is 5.02 Å². The van der Waals surface area contributed by atoms with Crippen LogP contribution in [0, 0.1) is 0 Å². The van der Waals surface area contributed by atoms with Crippen LogP contribution in [0.1, 0.15) is 26.7 Å². The zero-order chi connectivity index (χ0) is 17.5. The average molecular weight is 369 g/mol. The van der Waals surface area contributed by atoms with Gasteiger partial charge < -0.3 is 20.4 Å². The number of benzene rings is 1. The molecule has 24 heavy (non-hydrogen) atoms. The number of halogens is 1. The Morgan fingerprint density at radius 1 is 1.25 bits per heavy atom. The van der Waals surface area contributed by atoms with Gasteiger partial charge in [-0.2, -0.15) is 0 Å². The highest BCUT2D eigenvalue weighted by molar-refractivity contribution is 7.80. The molecule has 132 valence electrons. The van der Waals surface area contributed by atoms with Crippen molar-refractivity contribution in [2.45, 2.75) is 26.7 Å². The fourth-order valence-corrected chi connectivity index (χ4v) is 3.31. The lowest BCUT2D eigenvalue weighted by Crippen LogP contribution is -2.46. The van der Waals surface area contributed by atoms with Crippen molar-refractivity contribution in [2.24, 2.45) is 0 Å². The SMILES string of the molecule is CCCC(=O)NC(=S)Nc1cccc(Cl)c1N1CCN(CC)CC1. The Balaban J connectivity index is 2.09. The van der Waals surface area contributed by atoms with Gasteiger partial charge in [-0.1, -0.05) is 31.5 Å². The molecule has 0 unspecified atom stereocenters. The zero-order valence-corrected chi connectivity index (χ0v) is 15.8. The van der Waals surface area contributed by atoms with Gasteiger partial charge in [0, 0.05) is 32.6 Å². The molecule has 1 fully saturated rings. The van der Waals surface area contributed by atoms with Gasteiger partial charge in [-0.3, -0.25) is 4.79 Å². The third-order valence-corrected chi connectivity index (χ3v) is 4.61. The Labute approximate surface area is 154 Å². The third-order valence-electron chi connectivity index (χ3n) is 4.10. The lowest BCUT2D eigenvalue weighted by molar-refractivity contribution is -0.119. The first-order chi connectivity index (χ1) is 11.5. The minimum absolute atomic E-state index is 0.0739. The number of para-hydroxylation sites is 1. The van der Waals surface area contributed by atoms with E-state index in [0.717, 1.165) is 50.5 Å². The van der Waals surface area contributed by atoms with E-state index in [4.69, 9.17) is 23.8 Å². The van der Waals surface area contributed by atoms with Gasteiger partial charge in [0.1, 0.15) is 0 Å². The topological polar surface area (TPSA) is 47.6 Å². The maximum Gasteiger partial charge on any atom is 0.226 e. The van der Waals surface area contributed by atoms with Gasteiger partial charge in [0.15, 0.2) is 5.11 Å². The number of nitrogens with zero attached hydrogens (tertiary/aromatic N) is 2. The largest absolute Gasteiger partial charge is 0.366 e. The summed E-state index contributed by atoms with van der Waals surface area (Å²) in [7, 11) is 0. The predicted octanol–water partition coefficient (Wildman–Crippen LogP) is 3.10. The summed E-state index contributed by atoms with van der Waals surface area (Å²) in [4.78, 5) is 16.4.